The number of carbonyl (C=O) groups excluding carboxylic acids is 2. The number of carbonyl (C=O) groups is 2. The Balaban J connectivity index is 2.23. The third-order valence-electron chi connectivity index (χ3n) is 3.57. The van der Waals surface area contributed by atoms with E-state index in [4.69, 9.17) is 5.84 Å². The highest BCUT2D eigenvalue weighted by Gasteiger charge is 2.31. The summed E-state index contributed by atoms with van der Waals surface area (Å²) in [5.74, 6) is 5.64. The first-order valence-electron chi connectivity index (χ1n) is 6.59. The molecule has 0 saturated heterocycles. The summed E-state index contributed by atoms with van der Waals surface area (Å²) in [5, 5.41) is 1.42. The maximum atomic E-state index is 12.7. The van der Waals surface area contributed by atoms with E-state index in [0.717, 1.165) is 0 Å². The predicted octanol–water partition coefficient (Wildman–Crippen LogP) is 2.33. The van der Waals surface area contributed by atoms with Crippen LogP contribution in [0.25, 0.3) is 0 Å². The van der Waals surface area contributed by atoms with E-state index in [9.17, 15) is 9.59 Å². The molecular formula is C17H14N2O2. The van der Waals surface area contributed by atoms with Crippen LogP contribution in [0.15, 0.2) is 55.1 Å². The minimum Gasteiger partial charge on any atom is -0.306 e. The van der Waals surface area contributed by atoms with Gasteiger partial charge >= 0.3 is 0 Å². The second-order valence-electron chi connectivity index (χ2n) is 4.84. The van der Waals surface area contributed by atoms with Crippen molar-refractivity contribution in [1.29, 1.82) is 0 Å². The fraction of sp³-hybridized carbons (Fsp3) is 0.0588. The highest BCUT2D eigenvalue weighted by Crippen LogP contribution is 2.32. The van der Waals surface area contributed by atoms with Gasteiger partial charge in [-0.15, -0.1) is 6.58 Å². The second kappa shape index (κ2) is 5.00. The predicted molar refractivity (Wildman–Crippen MR) is 81.5 cm³/mol. The maximum Gasteiger partial charge on any atom is 0.196 e. The fourth-order valence-electron chi connectivity index (χ4n) is 2.60. The minimum absolute atomic E-state index is 0.144. The van der Waals surface area contributed by atoms with Crippen LogP contribution in [0, 0.1) is 0 Å². The molecule has 2 aromatic rings. The Labute approximate surface area is 122 Å². The third kappa shape index (κ3) is 1.97. The average Bonchev–Trinajstić information content (AvgIpc) is 2.52. The molecule has 0 bridgehead atoms. The topological polar surface area (TPSA) is 63.4 Å². The molecule has 0 spiro atoms. The average molecular weight is 278 g/mol. The lowest BCUT2D eigenvalue weighted by atomic mass is 9.83. The standard InChI is InChI=1S/C17H14N2O2/c1-2-10-19(18)14-9-5-8-13-15(14)17(21)12-7-4-3-6-11(12)16(13)20/h2-9H,1,10,18H2. The molecule has 2 aromatic carbocycles. The molecule has 1 aliphatic carbocycles. The van der Waals surface area contributed by atoms with Crippen LogP contribution < -0.4 is 10.9 Å². The zero-order valence-corrected chi connectivity index (χ0v) is 11.4. The summed E-state index contributed by atoms with van der Waals surface area (Å²) in [4.78, 5) is 25.3. The van der Waals surface area contributed by atoms with Crippen LogP contribution in [0.5, 0.6) is 0 Å². The van der Waals surface area contributed by atoms with Crippen molar-refractivity contribution in [2.45, 2.75) is 0 Å². The number of nitrogens with two attached hydrogens (primary N) is 1. The summed E-state index contributed by atoms with van der Waals surface area (Å²) in [5.41, 5.74) is 2.18. The van der Waals surface area contributed by atoms with Gasteiger partial charge < -0.3 is 5.01 Å². The van der Waals surface area contributed by atoms with Crippen molar-refractivity contribution in [2.24, 2.45) is 5.84 Å². The first kappa shape index (κ1) is 13.3. The van der Waals surface area contributed by atoms with Crippen molar-refractivity contribution >= 4 is 17.3 Å². The van der Waals surface area contributed by atoms with E-state index in [0.29, 0.717) is 34.5 Å². The number of nitrogens with zero attached hydrogens (tertiary/aromatic N) is 1. The SMILES string of the molecule is C=CCN(N)c1cccc2c1C(=O)c1ccccc1C2=O. The Bertz CT molecular complexity index is 765. The molecule has 0 fully saturated rings. The van der Waals surface area contributed by atoms with Crippen LogP contribution in [-0.2, 0) is 0 Å². The van der Waals surface area contributed by atoms with Crippen LogP contribution in [0.3, 0.4) is 0 Å². The van der Waals surface area contributed by atoms with Crippen LogP contribution in [0.1, 0.15) is 31.8 Å². The maximum absolute atomic E-state index is 12.7. The van der Waals surface area contributed by atoms with E-state index >= 15 is 0 Å². The summed E-state index contributed by atoms with van der Waals surface area (Å²) in [6.45, 7) is 4.02. The number of hydrogen-bond acceptors (Lipinski definition) is 4. The zero-order valence-electron chi connectivity index (χ0n) is 11.4. The van der Waals surface area contributed by atoms with E-state index in [1.807, 2.05) is 0 Å². The molecule has 0 saturated carbocycles. The van der Waals surface area contributed by atoms with Crippen molar-refractivity contribution in [1.82, 2.24) is 0 Å². The van der Waals surface area contributed by atoms with Gasteiger partial charge in [-0.3, -0.25) is 9.59 Å². The molecular weight excluding hydrogens is 264 g/mol. The highest BCUT2D eigenvalue weighted by atomic mass is 16.1. The molecule has 0 radical (unpaired) electrons. The lowest BCUT2D eigenvalue weighted by molar-refractivity contribution is 0.0979. The first-order valence-corrected chi connectivity index (χ1v) is 6.59. The number of hydrazine groups is 1. The normalized spacial score (nSPS) is 12.6. The zero-order chi connectivity index (χ0) is 15.0. The number of fused-ring (bicyclic) bond motifs is 2. The van der Waals surface area contributed by atoms with Crippen LogP contribution in [-0.4, -0.2) is 18.1 Å². The van der Waals surface area contributed by atoms with E-state index in [1.165, 1.54) is 5.01 Å². The molecule has 4 heteroatoms. The number of rotatable bonds is 3. The van der Waals surface area contributed by atoms with Gasteiger partial charge in [-0.25, -0.2) is 5.84 Å². The summed E-state index contributed by atoms with van der Waals surface area (Å²) in [6.07, 6.45) is 1.64. The van der Waals surface area contributed by atoms with Crippen molar-refractivity contribution in [3.63, 3.8) is 0 Å². The van der Waals surface area contributed by atoms with Crippen molar-refractivity contribution < 1.29 is 9.59 Å². The Morgan fingerprint density at radius 1 is 0.952 bits per heavy atom. The van der Waals surface area contributed by atoms with E-state index in [-0.39, 0.29) is 11.6 Å². The molecule has 0 unspecified atom stereocenters. The Kier molecular flexibility index (Phi) is 3.16. The summed E-state index contributed by atoms with van der Waals surface area (Å²) in [7, 11) is 0. The Morgan fingerprint density at radius 2 is 1.57 bits per heavy atom. The molecule has 21 heavy (non-hydrogen) atoms. The van der Waals surface area contributed by atoms with E-state index < -0.39 is 0 Å². The molecule has 2 N–H and O–H groups in total. The molecule has 1 aliphatic rings. The Hall–Kier alpha value is -2.72. The van der Waals surface area contributed by atoms with Gasteiger partial charge in [0, 0.05) is 16.7 Å². The largest absolute Gasteiger partial charge is 0.306 e. The van der Waals surface area contributed by atoms with Crippen LogP contribution in [0.4, 0.5) is 5.69 Å². The van der Waals surface area contributed by atoms with E-state index in [1.54, 1.807) is 48.5 Å². The monoisotopic (exact) mass is 278 g/mol. The van der Waals surface area contributed by atoms with Gasteiger partial charge in [-0.2, -0.15) is 0 Å². The van der Waals surface area contributed by atoms with Crippen LogP contribution >= 0.6 is 0 Å². The van der Waals surface area contributed by atoms with Crippen molar-refractivity contribution in [3.05, 3.63) is 77.4 Å². The second-order valence-corrected chi connectivity index (χ2v) is 4.84. The molecule has 3 rings (SSSR count). The first-order chi connectivity index (χ1) is 10.1. The number of benzene rings is 2. The van der Waals surface area contributed by atoms with Gasteiger partial charge in [0.25, 0.3) is 0 Å². The smallest absolute Gasteiger partial charge is 0.196 e. The number of ketones is 2. The van der Waals surface area contributed by atoms with Gasteiger partial charge in [-0.05, 0) is 6.07 Å². The molecule has 0 heterocycles. The summed E-state index contributed by atoms with van der Waals surface area (Å²) >= 11 is 0. The van der Waals surface area contributed by atoms with Crippen molar-refractivity contribution in [3.8, 4) is 0 Å². The van der Waals surface area contributed by atoms with Crippen LogP contribution in [0.2, 0.25) is 0 Å². The van der Waals surface area contributed by atoms with Gasteiger partial charge in [0.15, 0.2) is 11.6 Å². The van der Waals surface area contributed by atoms with Gasteiger partial charge in [0.1, 0.15) is 0 Å². The lowest BCUT2D eigenvalue weighted by Gasteiger charge is -2.24. The molecule has 0 atom stereocenters. The highest BCUT2D eigenvalue weighted by molar-refractivity contribution is 6.30. The van der Waals surface area contributed by atoms with Gasteiger partial charge in [0.05, 0.1) is 17.8 Å². The quantitative estimate of drug-likeness (QED) is 0.454. The molecule has 0 aliphatic heterocycles. The van der Waals surface area contributed by atoms with Gasteiger partial charge in [-0.1, -0.05) is 42.5 Å². The molecule has 0 aromatic heterocycles. The summed E-state index contributed by atoms with van der Waals surface area (Å²) in [6, 6.07) is 12.0. The van der Waals surface area contributed by atoms with Crippen molar-refractivity contribution in [2.75, 3.05) is 11.6 Å². The lowest BCUT2D eigenvalue weighted by Crippen LogP contribution is -2.34. The minimum atomic E-state index is -0.171. The number of anilines is 1. The Morgan fingerprint density at radius 3 is 2.24 bits per heavy atom. The fourth-order valence-corrected chi connectivity index (χ4v) is 2.60. The molecule has 4 nitrogen and oxygen atoms in total. The third-order valence-corrected chi connectivity index (χ3v) is 3.57. The molecule has 0 amide bonds. The molecule has 104 valence electrons. The van der Waals surface area contributed by atoms with Gasteiger partial charge in [0.2, 0.25) is 0 Å². The van der Waals surface area contributed by atoms with E-state index in [2.05, 4.69) is 6.58 Å². The number of hydrogen-bond donors (Lipinski definition) is 1. The summed E-state index contributed by atoms with van der Waals surface area (Å²) < 4.78 is 0.